The second-order valence-corrected chi connectivity index (χ2v) is 6.65. The largest absolute Gasteiger partial charge is 0.378 e. The molecule has 4 heterocycles. The van der Waals surface area contributed by atoms with E-state index < -0.39 is 0 Å². The van der Waals surface area contributed by atoms with Gasteiger partial charge in [-0.25, -0.2) is 4.98 Å². The number of imidazole rings is 1. The van der Waals surface area contributed by atoms with E-state index in [4.69, 9.17) is 27.1 Å². The van der Waals surface area contributed by atoms with E-state index in [-0.39, 0.29) is 11.3 Å². The Morgan fingerprint density at radius 2 is 1.96 bits per heavy atom. The SMILES string of the molecule is CCn1c(CN2CC(N)C2)nc2c(N3CCOCC3)nc(Cl)nc21. The molecular formula is C15H22ClN7O. The van der Waals surface area contributed by atoms with E-state index in [2.05, 4.69) is 31.3 Å². The predicted molar refractivity (Wildman–Crippen MR) is 92.3 cm³/mol. The molecule has 2 aromatic heterocycles. The van der Waals surface area contributed by atoms with Crippen molar-refractivity contribution < 1.29 is 4.74 Å². The quantitative estimate of drug-likeness (QED) is 0.802. The lowest BCUT2D eigenvalue weighted by Gasteiger charge is -2.36. The van der Waals surface area contributed by atoms with E-state index in [9.17, 15) is 0 Å². The molecule has 0 amide bonds. The van der Waals surface area contributed by atoms with E-state index >= 15 is 0 Å². The lowest BCUT2D eigenvalue weighted by molar-refractivity contribution is 0.122. The third kappa shape index (κ3) is 2.83. The zero-order valence-corrected chi connectivity index (χ0v) is 14.5. The van der Waals surface area contributed by atoms with Crippen LogP contribution in [0.2, 0.25) is 5.28 Å². The van der Waals surface area contributed by atoms with E-state index in [0.29, 0.717) is 13.2 Å². The van der Waals surface area contributed by atoms with Crippen LogP contribution in [0.3, 0.4) is 0 Å². The number of nitrogens with zero attached hydrogens (tertiary/aromatic N) is 6. The van der Waals surface area contributed by atoms with Gasteiger partial charge in [0.1, 0.15) is 5.82 Å². The van der Waals surface area contributed by atoms with Crippen molar-refractivity contribution in [2.24, 2.45) is 5.73 Å². The van der Waals surface area contributed by atoms with Crippen molar-refractivity contribution in [3.8, 4) is 0 Å². The Bertz CT molecular complexity index is 737. The number of likely N-dealkylation sites (tertiary alicyclic amines) is 1. The number of ether oxygens (including phenoxy) is 1. The summed E-state index contributed by atoms with van der Waals surface area (Å²) in [4.78, 5) is 18.2. The van der Waals surface area contributed by atoms with Crippen LogP contribution < -0.4 is 10.6 Å². The first-order valence-electron chi connectivity index (χ1n) is 8.39. The molecule has 0 spiro atoms. The standard InChI is InChI=1S/C15H22ClN7O/c1-2-23-11(9-21-7-10(17)8-21)18-12-13(19-15(16)20-14(12)23)22-3-5-24-6-4-22/h10H,2-9,17H2,1H3. The fourth-order valence-electron chi connectivity index (χ4n) is 3.39. The van der Waals surface area contributed by atoms with Crippen molar-refractivity contribution in [3.63, 3.8) is 0 Å². The molecule has 0 unspecified atom stereocenters. The summed E-state index contributed by atoms with van der Waals surface area (Å²) < 4.78 is 7.56. The van der Waals surface area contributed by atoms with Crippen LogP contribution in [0.4, 0.5) is 5.82 Å². The van der Waals surface area contributed by atoms with Gasteiger partial charge in [-0.15, -0.1) is 0 Å². The summed E-state index contributed by atoms with van der Waals surface area (Å²) in [6.45, 7) is 8.45. The highest BCUT2D eigenvalue weighted by Gasteiger charge is 2.27. The Balaban J connectivity index is 1.74. The van der Waals surface area contributed by atoms with Gasteiger partial charge in [0, 0.05) is 38.8 Å². The smallest absolute Gasteiger partial charge is 0.226 e. The maximum atomic E-state index is 6.20. The van der Waals surface area contributed by atoms with Crippen LogP contribution in [0.5, 0.6) is 0 Å². The molecule has 2 saturated heterocycles. The summed E-state index contributed by atoms with van der Waals surface area (Å²) in [6, 6.07) is 0.280. The van der Waals surface area contributed by atoms with Crippen molar-refractivity contribution in [1.82, 2.24) is 24.4 Å². The van der Waals surface area contributed by atoms with Gasteiger partial charge in [0.2, 0.25) is 5.28 Å². The number of nitrogens with two attached hydrogens (primary N) is 1. The molecule has 4 rings (SSSR count). The summed E-state index contributed by atoms with van der Waals surface area (Å²) >= 11 is 6.20. The van der Waals surface area contributed by atoms with Gasteiger partial charge in [0.05, 0.1) is 19.8 Å². The third-order valence-corrected chi connectivity index (χ3v) is 4.77. The number of halogens is 1. The van der Waals surface area contributed by atoms with Crippen LogP contribution in [-0.4, -0.2) is 69.9 Å². The average molecular weight is 352 g/mol. The molecular weight excluding hydrogens is 330 g/mol. The van der Waals surface area contributed by atoms with Gasteiger partial charge < -0.3 is 19.9 Å². The molecule has 0 aliphatic carbocycles. The fraction of sp³-hybridized carbons (Fsp3) is 0.667. The van der Waals surface area contributed by atoms with Gasteiger partial charge >= 0.3 is 0 Å². The summed E-state index contributed by atoms with van der Waals surface area (Å²) in [5.41, 5.74) is 7.51. The van der Waals surface area contributed by atoms with Gasteiger partial charge in [-0.1, -0.05) is 0 Å². The number of hydrogen-bond acceptors (Lipinski definition) is 7. The van der Waals surface area contributed by atoms with E-state index in [1.54, 1.807) is 0 Å². The summed E-state index contributed by atoms with van der Waals surface area (Å²) in [5.74, 6) is 1.80. The van der Waals surface area contributed by atoms with E-state index in [1.165, 1.54) is 0 Å². The van der Waals surface area contributed by atoms with Crippen molar-refractivity contribution in [3.05, 3.63) is 11.1 Å². The molecule has 0 atom stereocenters. The van der Waals surface area contributed by atoms with Crippen molar-refractivity contribution >= 4 is 28.6 Å². The van der Waals surface area contributed by atoms with Gasteiger partial charge in [0.25, 0.3) is 0 Å². The Hall–Kier alpha value is -1.48. The van der Waals surface area contributed by atoms with Crippen LogP contribution >= 0.6 is 11.6 Å². The summed E-state index contributed by atoms with van der Waals surface area (Å²) in [5, 5.41) is 0.260. The molecule has 2 aromatic rings. The number of hydrogen-bond donors (Lipinski definition) is 1. The molecule has 2 N–H and O–H groups in total. The number of anilines is 1. The number of aromatic nitrogens is 4. The van der Waals surface area contributed by atoms with Crippen LogP contribution in [0, 0.1) is 0 Å². The molecule has 0 saturated carbocycles. The van der Waals surface area contributed by atoms with E-state index in [0.717, 1.165) is 62.1 Å². The van der Waals surface area contributed by atoms with Crippen LogP contribution in [0.25, 0.3) is 11.2 Å². The van der Waals surface area contributed by atoms with Gasteiger partial charge in [-0.05, 0) is 18.5 Å². The Labute approximate surface area is 145 Å². The minimum atomic E-state index is 0.260. The molecule has 24 heavy (non-hydrogen) atoms. The summed E-state index contributed by atoms with van der Waals surface area (Å²) in [6.07, 6.45) is 0. The third-order valence-electron chi connectivity index (χ3n) is 4.61. The first-order valence-corrected chi connectivity index (χ1v) is 8.76. The molecule has 8 nitrogen and oxygen atoms in total. The lowest BCUT2D eigenvalue weighted by atomic mass is 10.1. The highest BCUT2D eigenvalue weighted by molar-refractivity contribution is 6.28. The zero-order chi connectivity index (χ0) is 16.7. The molecule has 2 aliphatic rings. The molecule has 2 aliphatic heterocycles. The molecule has 2 fully saturated rings. The average Bonchev–Trinajstić information content (AvgIpc) is 2.90. The highest BCUT2D eigenvalue weighted by atomic mass is 35.5. The fourth-order valence-corrected chi connectivity index (χ4v) is 3.55. The Morgan fingerprint density at radius 1 is 1.21 bits per heavy atom. The van der Waals surface area contributed by atoms with Crippen molar-refractivity contribution in [2.45, 2.75) is 26.1 Å². The zero-order valence-electron chi connectivity index (χ0n) is 13.8. The van der Waals surface area contributed by atoms with Crippen LogP contribution in [0.1, 0.15) is 12.7 Å². The second kappa shape index (κ2) is 6.44. The number of morpholine rings is 1. The molecule has 130 valence electrons. The topological polar surface area (TPSA) is 85.3 Å². The predicted octanol–water partition coefficient (Wildman–Crippen LogP) is 0.479. The maximum absolute atomic E-state index is 6.20. The van der Waals surface area contributed by atoms with Crippen LogP contribution in [-0.2, 0) is 17.8 Å². The Morgan fingerprint density at radius 3 is 2.62 bits per heavy atom. The van der Waals surface area contributed by atoms with Crippen molar-refractivity contribution in [1.29, 1.82) is 0 Å². The normalized spacial score (nSPS) is 19.9. The number of rotatable bonds is 4. The summed E-state index contributed by atoms with van der Waals surface area (Å²) in [7, 11) is 0. The van der Waals surface area contributed by atoms with Crippen LogP contribution in [0.15, 0.2) is 0 Å². The maximum Gasteiger partial charge on any atom is 0.226 e. The first kappa shape index (κ1) is 16.0. The number of fused-ring (bicyclic) bond motifs is 1. The van der Waals surface area contributed by atoms with Gasteiger partial charge in [0.15, 0.2) is 17.0 Å². The Kier molecular flexibility index (Phi) is 4.29. The highest BCUT2D eigenvalue weighted by Crippen LogP contribution is 2.27. The number of aryl methyl sites for hydroxylation is 1. The molecule has 0 aromatic carbocycles. The monoisotopic (exact) mass is 351 g/mol. The van der Waals surface area contributed by atoms with E-state index in [1.807, 2.05) is 0 Å². The molecule has 9 heteroatoms. The van der Waals surface area contributed by atoms with Gasteiger partial charge in [-0.3, -0.25) is 4.90 Å². The lowest BCUT2D eigenvalue weighted by Crippen LogP contribution is -2.55. The minimum absolute atomic E-state index is 0.260. The molecule has 0 radical (unpaired) electrons. The second-order valence-electron chi connectivity index (χ2n) is 6.31. The minimum Gasteiger partial charge on any atom is -0.378 e. The first-order chi connectivity index (χ1) is 11.7. The molecule has 0 bridgehead atoms. The van der Waals surface area contributed by atoms with Gasteiger partial charge in [-0.2, -0.15) is 9.97 Å². The van der Waals surface area contributed by atoms with Crippen molar-refractivity contribution in [2.75, 3.05) is 44.3 Å².